The fourth-order valence-electron chi connectivity index (χ4n) is 6.72. The molecule has 6 amide bonds. The molecule has 3 rings (SSSR count). The van der Waals surface area contributed by atoms with Crippen molar-refractivity contribution >= 4 is 53.5 Å². The van der Waals surface area contributed by atoms with Gasteiger partial charge in [-0.2, -0.15) is 0 Å². The predicted molar refractivity (Wildman–Crippen MR) is 214 cm³/mol. The molecule has 0 saturated heterocycles. The lowest BCUT2D eigenvalue weighted by atomic mass is 9.84. The van der Waals surface area contributed by atoms with Gasteiger partial charge in [0.05, 0.1) is 6.42 Å². The van der Waals surface area contributed by atoms with Gasteiger partial charge in [-0.1, -0.05) is 107 Å². The smallest absolute Gasteiger partial charge is 0.326 e. The molecule has 1 saturated carbocycles. The van der Waals surface area contributed by atoms with Gasteiger partial charge in [0.1, 0.15) is 30.2 Å². The highest BCUT2D eigenvalue weighted by molar-refractivity contribution is 5.98. The largest absolute Gasteiger partial charge is 0.481 e. The molecule has 0 heterocycles. The Labute approximate surface area is 338 Å². The minimum Gasteiger partial charge on any atom is -0.481 e. The standard InChI is InChI=1S/C42H56N6O10/c1-26(2)22-31(39(54)48-34(42(57)58)24-29-16-10-5-11-17-29)45-41(56)33(25-37(51)52)47-40(55)32(23-28-14-8-4-9-15-28)46-38(53)30(19-20-35(43)49)44-36(50)21-18-27-12-6-3-7-13-27/h3,5-7,10-13,16-18,21,26,28,30-34H,4,8-9,14-15,19-20,22-25H2,1-2H3,(H2,43,49)(H,44,50)(H,45,56)(H,46,53)(H,47,55)(H,48,54)(H,51,52)(H,57,58)/b21-18+/t30-,31-,32-,33-,34-/m0/s1. The molecule has 16 nitrogen and oxygen atoms in total. The molecule has 9 N–H and O–H groups in total. The summed E-state index contributed by atoms with van der Waals surface area (Å²) in [5.41, 5.74) is 6.73. The molecule has 1 aliphatic rings. The lowest BCUT2D eigenvalue weighted by Gasteiger charge is -2.29. The number of carbonyl (C=O) groups excluding carboxylic acids is 6. The molecular weight excluding hydrogens is 748 g/mol. The number of aliphatic carboxylic acids is 2. The van der Waals surface area contributed by atoms with Gasteiger partial charge in [0, 0.05) is 18.9 Å². The summed E-state index contributed by atoms with van der Waals surface area (Å²) in [4.78, 5) is 104. The van der Waals surface area contributed by atoms with Crippen molar-refractivity contribution in [3.63, 3.8) is 0 Å². The van der Waals surface area contributed by atoms with Crippen molar-refractivity contribution in [2.45, 2.75) is 115 Å². The summed E-state index contributed by atoms with van der Waals surface area (Å²) < 4.78 is 0. The highest BCUT2D eigenvalue weighted by atomic mass is 16.4. The number of carboxylic acid groups (broad SMARTS) is 2. The van der Waals surface area contributed by atoms with Gasteiger partial charge < -0.3 is 42.5 Å². The molecular formula is C42H56N6O10. The van der Waals surface area contributed by atoms with Gasteiger partial charge in [0.25, 0.3) is 0 Å². The molecule has 58 heavy (non-hydrogen) atoms. The molecule has 0 bridgehead atoms. The zero-order chi connectivity index (χ0) is 42.6. The quantitative estimate of drug-likeness (QED) is 0.0760. The van der Waals surface area contributed by atoms with Gasteiger partial charge in [-0.15, -0.1) is 0 Å². The number of carboxylic acids is 2. The normalized spacial score (nSPS) is 15.6. The van der Waals surface area contributed by atoms with Crippen LogP contribution in [-0.4, -0.2) is 87.8 Å². The van der Waals surface area contributed by atoms with Crippen molar-refractivity contribution in [3.8, 4) is 0 Å². The summed E-state index contributed by atoms with van der Waals surface area (Å²) >= 11 is 0. The van der Waals surface area contributed by atoms with E-state index in [9.17, 15) is 48.6 Å². The lowest BCUT2D eigenvalue weighted by molar-refractivity contribution is -0.143. The molecule has 2 aromatic carbocycles. The Bertz CT molecular complexity index is 1750. The summed E-state index contributed by atoms with van der Waals surface area (Å²) in [6.45, 7) is 3.55. The third-order valence-electron chi connectivity index (χ3n) is 9.71. The summed E-state index contributed by atoms with van der Waals surface area (Å²) in [5, 5.41) is 32.3. The second kappa shape index (κ2) is 23.9. The monoisotopic (exact) mass is 804 g/mol. The van der Waals surface area contributed by atoms with E-state index in [-0.39, 0.29) is 43.9 Å². The van der Waals surface area contributed by atoms with Crippen molar-refractivity contribution < 1.29 is 48.6 Å². The summed E-state index contributed by atoms with van der Waals surface area (Å²) in [5.74, 6) is -7.76. The molecule has 1 aliphatic carbocycles. The Hall–Kier alpha value is -6.06. The number of hydrogen-bond acceptors (Lipinski definition) is 8. The number of benzene rings is 2. The Morgan fingerprint density at radius 3 is 1.81 bits per heavy atom. The Kier molecular flexibility index (Phi) is 19.1. The zero-order valence-corrected chi connectivity index (χ0v) is 33.0. The maximum Gasteiger partial charge on any atom is 0.326 e. The second-order valence-electron chi connectivity index (χ2n) is 15.0. The third-order valence-corrected chi connectivity index (χ3v) is 9.71. The van der Waals surface area contributed by atoms with E-state index in [1.807, 2.05) is 6.07 Å². The molecule has 314 valence electrons. The fourth-order valence-corrected chi connectivity index (χ4v) is 6.72. The molecule has 0 unspecified atom stereocenters. The van der Waals surface area contributed by atoms with Crippen LogP contribution in [0, 0.1) is 11.8 Å². The first-order chi connectivity index (χ1) is 27.6. The number of amides is 6. The number of nitrogens with one attached hydrogen (secondary N) is 5. The zero-order valence-electron chi connectivity index (χ0n) is 33.0. The van der Waals surface area contributed by atoms with Crippen LogP contribution in [0.3, 0.4) is 0 Å². The maximum atomic E-state index is 14.0. The molecule has 0 radical (unpaired) electrons. The highest BCUT2D eigenvalue weighted by Crippen LogP contribution is 2.27. The van der Waals surface area contributed by atoms with E-state index >= 15 is 0 Å². The van der Waals surface area contributed by atoms with Crippen LogP contribution < -0.4 is 32.3 Å². The molecule has 1 fully saturated rings. The minimum atomic E-state index is -1.70. The lowest BCUT2D eigenvalue weighted by Crippen LogP contribution is -2.59. The topological polar surface area (TPSA) is 263 Å². The number of carbonyl (C=O) groups is 8. The van der Waals surface area contributed by atoms with E-state index in [0.717, 1.165) is 37.7 Å². The Balaban J connectivity index is 1.82. The van der Waals surface area contributed by atoms with Crippen LogP contribution in [0.5, 0.6) is 0 Å². The van der Waals surface area contributed by atoms with E-state index < -0.39 is 84.0 Å². The van der Waals surface area contributed by atoms with Crippen LogP contribution in [0.15, 0.2) is 66.7 Å². The van der Waals surface area contributed by atoms with Gasteiger partial charge >= 0.3 is 11.9 Å². The first-order valence-electron chi connectivity index (χ1n) is 19.6. The molecule has 16 heteroatoms. The first-order valence-corrected chi connectivity index (χ1v) is 19.6. The fraction of sp³-hybridized carbons (Fsp3) is 0.476. The number of nitrogens with two attached hydrogens (primary N) is 1. The average Bonchev–Trinajstić information content (AvgIpc) is 3.18. The van der Waals surface area contributed by atoms with Crippen molar-refractivity contribution in [2.75, 3.05) is 0 Å². The van der Waals surface area contributed by atoms with Crippen molar-refractivity contribution in [3.05, 3.63) is 77.9 Å². The minimum absolute atomic E-state index is 0.00111. The van der Waals surface area contributed by atoms with E-state index in [1.54, 1.807) is 68.4 Å². The van der Waals surface area contributed by atoms with Crippen LogP contribution in [0.1, 0.15) is 89.2 Å². The van der Waals surface area contributed by atoms with Crippen LogP contribution in [0.4, 0.5) is 0 Å². The van der Waals surface area contributed by atoms with Crippen molar-refractivity contribution in [1.82, 2.24) is 26.6 Å². The van der Waals surface area contributed by atoms with E-state index in [4.69, 9.17) is 5.73 Å². The van der Waals surface area contributed by atoms with Crippen LogP contribution >= 0.6 is 0 Å². The highest BCUT2D eigenvalue weighted by Gasteiger charge is 2.35. The SMILES string of the molecule is CC(C)C[C@H](NC(=O)[C@H](CC(=O)O)NC(=O)[C@H](CC1CCCCC1)NC(=O)[C@H](CCC(N)=O)NC(=O)/C=C/c1ccccc1)C(=O)N[C@@H](Cc1ccccc1)C(=O)O. The predicted octanol–water partition coefficient (Wildman–Crippen LogP) is 2.21. The maximum absolute atomic E-state index is 14.0. The van der Waals surface area contributed by atoms with Gasteiger partial charge in [-0.25, -0.2) is 4.79 Å². The summed E-state index contributed by atoms with van der Waals surface area (Å²) in [6.07, 6.45) is 5.93. The number of rotatable bonds is 23. The van der Waals surface area contributed by atoms with E-state index in [1.165, 1.54) is 12.2 Å². The van der Waals surface area contributed by atoms with Gasteiger partial charge in [-0.3, -0.25) is 33.6 Å². The van der Waals surface area contributed by atoms with Gasteiger partial charge in [0.15, 0.2) is 0 Å². The number of primary amides is 1. The molecule has 5 atom stereocenters. The Morgan fingerprint density at radius 1 is 0.690 bits per heavy atom. The molecule has 2 aromatic rings. The van der Waals surface area contributed by atoms with Crippen molar-refractivity contribution in [2.24, 2.45) is 17.6 Å². The van der Waals surface area contributed by atoms with Crippen LogP contribution in [-0.2, 0) is 44.8 Å². The molecule has 0 aromatic heterocycles. The number of hydrogen-bond donors (Lipinski definition) is 8. The average molecular weight is 805 g/mol. The third kappa shape index (κ3) is 17.0. The van der Waals surface area contributed by atoms with Gasteiger partial charge in [0.2, 0.25) is 35.4 Å². The van der Waals surface area contributed by atoms with Crippen molar-refractivity contribution in [1.29, 1.82) is 0 Å². The van der Waals surface area contributed by atoms with E-state index in [0.29, 0.717) is 5.56 Å². The second-order valence-corrected chi connectivity index (χ2v) is 15.0. The van der Waals surface area contributed by atoms with E-state index in [2.05, 4.69) is 26.6 Å². The van der Waals surface area contributed by atoms with Gasteiger partial charge in [-0.05, 0) is 48.3 Å². The Morgan fingerprint density at radius 2 is 1.22 bits per heavy atom. The molecule has 0 aliphatic heterocycles. The summed E-state index contributed by atoms with van der Waals surface area (Å²) in [7, 11) is 0. The van der Waals surface area contributed by atoms with Crippen LogP contribution in [0.2, 0.25) is 0 Å². The molecule has 0 spiro atoms. The van der Waals surface area contributed by atoms with Crippen LogP contribution in [0.25, 0.3) is 6.08 Å². The first kappa shape index (κ1) is 46.3. The summed E-state index contributed by atoms with van der Waals surface area (Å²) in [6, 6.07) is 10.7.